The third kappa shape index (κ3) is 4.56. The van der Waals surface area contributed by atoms with Gasteiger partial charge in [0.15, 0.2) is 0 Å². The van der Waals surface area contributed by atoms with E-state index in [2.05, 4.69) is 19.5 Å². The predicted octanol–water partition coefficient (Wildman–Crippen LogP) is 3.64. The zero-order valence-electron chi connectivity index (χ0n) is 14.6. The molecule has 3 rings (SSSR count). The van der Waals surface area contributed by atoms with E-state index in [4.69, 9.17) is 4.78 Å². The minimum Gasteiger partial charge on any atom is -0.355 e. The monoisotopic (exact) mass is 446 g/mol. The Kier molecular flexibility index (Phi) is 5.13. The lowest BCUT2D eigenvalue weighted by atomic mass is 10.2. The Balaban J connectivity index is 1.95. The molecule has 0 fully saturated rings. The van der Waals surface area contributed by atoms with Gasteiger partial charge in [-0.25, -0.2) is 19.0 Å². The third-order valence-electron chi connectivity index (χ3n) is 3.66. The summed E-state index contributed by atoms with van der Waals surface area (Å²) in [7, 11) is -8.75. The highest BCUT2D eigenvalue weighted by Gasteiger charge is 2.49. The van der Waals surface area contributed by atoms with Gasteiger partial charge >= 0.3 is 15.6 Å². The zero-order chi connectivity index (χ0) is 21.4. The van der Waals surface area contributed by atoms with Gasteiger partial charge in [0.1, 0.15) is 5.82 Å². The average molecular weight is 446 g/mol. The number of nitrogens with zero attached hydrogens (tertiary/aromatic N) is 2. The molecule has 29 heavy (non-hydrogen) atoms. The van der Waals surface area contributed by atoms with Crippen LogP contribution < -0.4 is 9.50 Å². The van der Waals surface area contributed by atoms with Crippen molar-refractivity contribution >= 4 is 42.1 Å². The van der Waals surface area contributed by atoms with Crippen LogP contribution in [0.4, 0.5) is 24.7 Å². The van der Waals surface area contributed by atoms with Crippen molar-refractivity contribution in [3.05, 3.63) is 48.8 Å². The van der Waals surface area contributed by atoms with Crippen LogP contribution in [0.2, 0.25) is 0 Å². The Labute approximate surface area is 163 Å². The lowest BCUT2D eigenvalue weighted by Crippen LogP contribution is -2.28. The molecule has 1 unspecified atom stereocenters. The first-order valence-corrected chi connectivity index (χ1v) is 11.1. The van der Waals surface area contributed by atoms with E-state index in [1.165, 1.54) is 36.7 Å². The van der Waals surface area contributed by atoms with Crippen molar-refractivity contribution < 1.29 is 30.0 Å². The first-order valence-electron chi connectivity index (χ1n) is 7.73. The van der Waals surface area contributed by atoms with Crippen molar-refractivity contribution in [1.29, 1.82) is 4.78 Å². The van der Waals surface area contributed by atoms with Gasteiger partial charge in [0.2, 0.25) is 5.88 Å². The van der Waals surface area contributed by atoms with Gasteiger partial charge in [-0.1, -0.05) is 0 Å². The SMILES string of the molecule is CS(=N)(=O)c1ccc(Nc2cc3c(OS(=O)(=O)C(F)(F)F)nccc3cn2)cc1. The summed E-state index contributed by atoms with van der Waals surface area (Å²) in [6, 6.07) is 8.79. The van der Waals surface area contributed by atoms with Gasteiger partial charge in [-0.2, -0.15) is 21.6 Å². The van der Waals surface area contributed by atoms with Gasteiger partial charge < -0.3 is 9.50 Å². The van der Waals surface area contributed by atoms with Gasteiger partial charge in [-0.3, -0.25) is 0 Å². The van der Waals surface area contributed by atoms with Gasteiger partial charge in [0.05, 0.1) is 15.1 Å². The predicted molar refractivity (Wildman–Crippen MR) is 99.9 cm³/mol. The number of rotatable bonds is 5. The molecule has 154 valence electrons. The highest BCUT2D eigenvalue weighted by Crippen LogP contribution is 2.31. The van der Waals surface area contributed by atoms with Gasteiger partial charge in [-0.15, -0.1) is 0 Å². The Morgan fingerprint density at radius 3 is 2.31 bits per heavy atom. The van der Waals surface area contributed by atoms with Crippen LogP contribution in [-0.4, -0.2) is 34.4 Å². The fourth-order valence-corrected chi connectivity index (χ4v) is 3.36. The standard InChI is InChI=1S/C16H13F3N4O4S2/c1-28(20,24)12-4-2-11(3-5-12)23-14-8-13-10(9-22-14)6-7-21-15(13)27-29(25,26)16(17,18)19/h2-9,20H,1H3,(H,22,23). The van der Waals surface area contributed by atoms with Crippen molar-refractivity contribution in [1.82, 2.24) is 9.97 Å². The molecule has 0 bridgehead atoms. The van der Waals surface area contributed by atoms with E-state index in [0.29, 0.717) is 16.0 Å². The van der Waals surface area contributed by atoms with E-state index < -0.39 is 31.2 Å². The lowest BCUT2D eigenvalue weighted by Gasteiger charge is -2.11. The molecule has 0 spiro atoms. The third-order valence-corrected chi connectivity index (χ3v) is 5.78. The number of nitrogens with one attached hydrogen (secondary N) is 2. The Morgan fingerprint density at radius 2 is 1.72 bits per heavy atom. The molecule has 0 radical (unpaired) electrons. The van der Waals surface area contributed by atoms with E-state index in [1.54, 1.807) is 12.1 Å². The first-order chi connectivity index (χ1) is 13.4. The molecule has 0 amide bonds. The molecule has 1 aromatic carbocycles. The fraction of sp³-hybridized carbons (Fsp3) is 0.125. The molecule has 0 saturated carbocycles. The molecule has 0 aliphatic heterocycles. The van der Waals surface area contributed by atoms with Crippen molar-refractivity contribution in [2.24, 2.45) is 0 Å². The summed E-state index contributed by atoms with van der Waals surface area (Å²) in [6.45, 7) is 0. The van der Waals surface area contributed by atoms with Gasteiger partial charge in [0.25, 0.3) is 0 Å². The van der Waals surface area contributed by atoms with Crippen LogP contribution in [0, 0.1) is 4.78 Å². The fourth-order valence-electron chi connectivity index (χ4n) is 2.27. The largest absolute Gasteiger partial charge is 0.534 e. The van der Waals surface area contributed by atoms with Crippen molar-refractivity contribution in [3.63, 3.8) is 0 Å². The molecular weight excluding hydrogens is 433 g/mol. The molecule has 0 aliphatic rings. The second kappa shape index (κ2) is 7.15. The van der Waals surface area contributed by atoms with Crippen LogP contribution in [0.1, 0.15) is 0 Å². The van der Waals surface area contributed by atoms with Crippen molar-refractivity contribution in [3.8, 4) is 5.88 Å². The number of halogens is 3. The first kappa shape index (κ1) is 20.8. The van der Waals surface area contributed by atoms with Crippen LogP contribution in [0.15, 0.2) is 53.7 Å². The molecule has 2 aromatic heterocycles. The topological polar surface area (TPSA) is 122 Å². The van der Waals surface area contributed by atoms with Gasteiger partial charge in [-0.05, 0) is 36.4 Å². The normalized spacial score (nSPS) is 14.3. The molecular formula is C16H13F3N4O4S2. The smallest absolute Gasteiger partial charge is 0.355 e. The molecule has 3 aromatic rings. The molecule has 0 aliphatic carbocycles. The summed E-state index contributed by atoms with van der Waals surface area (Å²) in [5.41, 5.74) is -5.10. The zero-order valence-corrected chi connectivity index (χ0v) is 16.2. The molecule has 8 nitrogen and oxygen atoms in total. The molecule has 2 N–H and O–H groups in total. The quantitative estimate of drug-likeness (QED) is 0.453. The number of alkyl halides is 3. The number of hydrogen-bond acceptors (Lipinski definition) is 8. The lowest BCUT2D eigenvalue weighted by molar-refractivity contribution is -0.0500. The summed E-state index contributed by atoms with van der Waals surface area (Å²) < 4.78 is 83.8. The summed E-state index contributed by atoms with van der Waals surface area (Å²) in [5, 5.41) is 3.19. The van der Waals surface area contributed by atoms with Crippen LogP contribution in [0.3, 0.4) is 0 Å². The number of fused-ring (bicyclic) bond motifs is 1. The second-order valence-corrected chi connectivity index (χ2v) is 9.58. The summed E-state index contributed by atoms with van der Waals surface area (Å²) in [6.07, 6.45) is 3.69. The molecule has 1 atom stereocenters. The maximum Gasteiger partial charge on any atom is 0.534 e. The maximum atomic E-state index is 12.6. The number of benzene rings is 1. The van der Waals surface area contributed by atoms with Crippen molar-refractivity contribution in [2.75, 3.05) is 11.6 Å². The summed E-state index contributed by atoms with van der Waals surface area (Å²) in [4.78, 5) is 8.01. The van der Waals surface area contributed by atoms with Crippen LogP contribution >= 0.6 is 0 Å². The molecule has 0 saturated heterocycles. The van der Waals surface area contributed by atoms with Crippen molar-refractivity contribution in [2.45, 2.75) is 10.4 Å². The number of aromatic nitrogens is 2. The average Bonchev–Trinajstić information content (AvgIpc) is 2.61. The van der Waals surface area contributed by atoms with E-state index in [0.717, 1.165) is 6.20 Å². The number of hydrogen-bond donors (Lipinski definition) is 2. The van der Waals surface area contributed by atoms with E-state index >= 15 is 0 Å². The highest BCUT2D eigenvalue weighted by atomic mass is 32.2. The maximum absolute atomic E-state index is 12.6. The van der Waals surface area contributed by atoms with E-state index in [9.17, 15) is 25.8 Å². The number of pyridine rings is 2. The molecule has 13 heteroatoms. The Morgan fingerprint density at radius 1 is 1.07 bits per heavy atom. The summed E-state index contributed by atoms with van der Waals surface area (Å²) in [5.74, 6) is -0.559. The van der Waals surface area contributed by atoms with Crippen LogP contribution in [0.25, 0.3) is 10.8 Å². The minimum absolute atomic E-state index is 0.00261. The van der Waals surface area contributed by atoms with Crippen LogP contribution in [0.5, 0.6) is 5.88 Å². The Hall–Kier alpha value is -2.93. The summed E-state index contributed by atoms with van der Waals surface area (Å²) >= 11 is 0. The number of anilines is 2. The molecule has 2 heterocycles. The minimum atomic E-state index is -5.88. The van der Waals surface area contributed by atoms with E-state index in [-0.39, 0.29) is 11.2 Å². The Bertz CT molecular complexity index is 1280. The van der Waals surface area contributed by atoms with E-state index in [1.807, 2.05) is 0 Å². The van der Waals surface area contributed by atoms with Crippen LogP contribution in [-0.2, 0) is 19.8 Å². The second-order valence-electron chi connectivity index (χ2n) is 5.88. The van der Waals surface area contributed by atoms with Gasteiger partial charge in [0, 0.05) is 34.6 Å². The highest BCUT2D eigenvalue weighted by molar-refractivity contribution is 7.91.